The Bertz CT molecular complexity index is 532. The fourth-order valence-corrected chi connectivity index (χ4v) is 4.22. The van der Waals surface area contributed by atoms with Gasteiger partial charge in [-0.3, -0.25) is 0 Å². The Morgan fingerprint density at radius 3 is 2.67 bits per heavy atom. The van der Waals surface area contributed by atoms with Gasteiger partial charge in [-0.1, -0.05) is 0 Å². The number of sulfonamides is 1. The summed E-state index contributed by atoms with van der Waals surface area (Å²) < 4.78 is 27.8. The third-order valence-electron chi connectivity index (χ3n) is 2.36. The van der Waals surface area contributed by atoms with Crippen LogP contribution in [0.25, 0.3) is 0 Å². The molecule has 0 aliphatic carbocycles. The van der Waals surface area contributed by atoms with Crippen LogP contribution in [0, 0.1) is 6.92 Å². The second-order valence-corrected chi connectivity index (χ2v) is 7.56. The highest BCUT2D eigenvalue weighted by molar-refractivity contribution is 9.10. The van der Waals surface area contributed by atoms with Gasteiger partial charge in [0.05, 0.1) is 4.90 Å². The number of halogens is 1. The molecule has 0 radical (unpaired) electrons. The molecule has 0 bridgehead atoms. The molecule has 1 aromatic rings. The van der Waals surface area contributed by atoms with Gasteiger partial charge in [0.25, 0.3) is 0 Å². The summed E-state index contributed by atoms with van der Waals surface area (Å²) in [4.78, 5) is 0.233. The largest absolute Gasteiger partial charge is 0.398 e. The molecule has 18 heavy (non-hydrogen) atoms. The predicted molar refractivity (Wildman–Crippen MR) is 81.5 cm³/mol. The van der Waals surface area contributed by atoms with E-state index >= 15 is 0 Å². The Morgan fingerprint density at radius 2 is 2.11 bits per heavy atom. The van der Waals surface area contributed by atoms with Crippen LogP contribution in [0.3, 0.4) is 0 Å². The van der Waals surface area contributed by atoms with E-state index < -0.39 is 10.0 Å². The maximum atomic E-state index is 12.2. The molecule has 0 fully saturated rings. The molecule has 0 spiro atoms. The number of rotatable bonds is 5. The highest BCUT2D eigenvalue weighted by Crippen LogP contribution is 2.26. The SMILES string of the molecule is CSCC(C)NS(=O)(=O)c1cc(N)c(Br)cc1C. The lowest BCUT2D eigenvalue weighted by Crippen LogP contribution is -2.34. The fourth-order valence-electron chi connectivity index (χ4n) is 1.57. The summed E-state index contributed by atoms with van der Waals surface area (Å²) >= 11 is 4.88. The molecule has 4 nitrogen and oxygen atoms in total. The van der Waals surface area contributed by atoms with Crippen molar-refractivity contribution in [1.29, 1.82) is 0 Å². The van der Waals surface area contributed by atoms with Gasteiger partial charge in [0.15, 0.2) is 0 Å². The van der Waals surface area contributed by atoms with Crippen molar-refractivity contribution in [2.24, 2.45) is 0 Å². The number of nitrogens with two attached hydrogens (primary N) is 1. The minimum Gasteiger partial charge on any atom is -0.398 e. The summed E-state index contributed by atoms with van der Waals surface area (Å²) in [6, 6.07) is 3.07. The molecular formula is C11H17BrN2O2S2. The molecule has 0 saturated carbocycles. The van der Waals surface area contributed by atoms with Gasteiger partial charge in [-0.05, 0) is 53.7 Å². The van der Waals surface area contributed by atoms with Crippen molar-refractivity contribution in [1.82, 2.24) is 4.72 Å². The fraction of sp³-hybridized carbons (Fsp3) is 0.455. The summed E-state index contributed by atoms with van der Waals surface area (Å²) in [5, 5.41) is 0. The first-order valence-electron chi connectivity index (χ1n) is 5.35. The topological polar surface area (TPSA) is 72.2 Å². The number of nitrogens with one attached hydrogen (secondary N) is 1. The molecule has 102 valence electrons. The molecule has 1 rings (SSSR count). The van der Waals surface area contributed by atoms with Crippen molar-refractivity contribution in [3.8, 4) is 0 Å². The third-order valence-corrected chi connectivity index (χ3v) is 5.61. The lowest BCUT2D eigenvalue weighted by molar-refractivity contribution is 0.570. The highest BCUT2D eigenvalue weighted by atomic mass is 79.9. The van der Waals surface area contributed by atoms with E-state index in [1.54, 1.807) is 24.8 Å². The number of nitrogen functional groups attached to an aromatic ring is 1. The molecule has 3 N–H and O–H groups in total. The molecule has 0 amide bonds. The van der Waals surface area contributed by atoms with Crippen LogP contribution in [0.2, 0.25) is 0 Å². The third kappa shape index (κ3) is 3.88. The first-order chi connectivity index (χ1) is 8.27. The Kier molecular flexibility index (Phi) is 5.51. The van der Waals surface area contributed by atoms with Crippen LogP contribution in [0.5, 0.6) is 0 Å². The lowest BCUT2D eigenvalue weighted by atomic mass is 10.2. The maximum Gasteiger partial charge on any atom is 0.241 e. The van der Waals surface area contributed by atoms with E-state index in [-0.39, 0.29) is 10.9 Å². The smallest absolute Gasteiger partial charge is 0.241 e. The first kappa shape index (κ1) is 15.8. The van der Waals surface area contributed by atoms with Gasteiger partial charge < -0.3 is 5.73 Å². The molecule has 1 unspecified atom stereocenters. The van der Waals surface area contributed by atoms with Gasteiger partial charge in [-0.25, -0.2) is 13.1 Å². The second-order valence-electron chi connectivity index (χ2n) is 4.12. The van der Waals surface area contributed by atoms with E-state index in [1.807, 2.05) is 13.2 Å². The number of anilines is 1. The van der Waals surface area contributed by atoms with Gasteiger partial charge in [-0.15, -0.1) is 0 Å². The van der Waals surface area contributed by atoms with Crippen LogP contribution in [0.1, 0.15) is 12.5 Å². The van der Waals surface area contributed by atoms with E-state index in [0.717, 1.165) is 5.75 Å². The molecule has 0 aromatic heterocycles. The average Bonchev–Trinajstić information content (AvgIpc) is 2.22. The Balaban J connectivity index is 3.09. The van der Waals surface area contributed by atoms with E-state index in [9.17, 15) is 8.42 Å². The van der Waals surface area contributed by atoms with Crippen molar-refractivity contribution < 1.29 is 8.42 Å². The van der Waals surface area contributed by atoms with Gasteiger partial charge in [0, 0.05) is 22.0 Å². The summed E-state index contributed by atoms with van der Waals surface area (Å²) in [5.74, 6) is 0.726. The van der Waals surface area contributed by atoms with E-state index in [2.05, 4.69) is 20.7 Å². The van der Waals surface area contributed by atoms with Gasteiger partial charge >= 0.3 is 0 Å². The number of hydrogen-bond acceptors (Lipinski definition) is 4. The normalized spacial score (nSPS) is 13.6. The minimum absolute atomic E-state index is 0.116. The van der Waals surface area contributed by atoms with Crippen LogP contribution < -0.4 is 10.5 Å². The Labute approximate surface area is 121 Å². The summed E-state index contributed by atoms with van der Waals surface area (Å²) in [7, 11) is -3.52. The molecule has 0 heterocycles. The molecular weight excluding hydrogens is 336 g/mol. The lowest BCUT2D eigenvalue weighted by Gasteiger charge is -2.15. The van der Waals surface area contributed by atoms with Crippen molar-refractivity contribution in [3.63, 3.8) is 0 Å². The van der Waals surface area contributed by atoms with Crippen LogP contribution in [-0.2, 0) is 10.0 Å². The zero-order valence-corrected chi connectivity index (χ0v) is 13.7. The summed E-state index contributed by atoms with van der Waals surface area (Å²) in [6.45, 7) is 3.59. The molecule has 7 heteroatoms. The zero-order valence-electron chi connectivity index (χ0n) is 10.5. The molecule has 1 atom stereocenters. The van der Waals surface area contributed by atoms with Crippen LogP contribution >= 0.6 is 27.7 Å². The standard InChI is InChI=1S/C11H17BrN2O2S2/c1-7-4-9(12)10(13)5-11(7)18(15,16)14-8(2)6-17-3/h4-5,8,14H,6,13H2,1-3H3. The predicted octanol–water partition coefficient (Wildman–Crippen LogP) is 2.37. The van der Waals surface area contributed by atoms with Gasteiger partial charge in [0.1, 0.15) is 0 Å². The average molecular weight is 353 g/mol. The quantitative estimate of drug-likeness (QED) is 0.798. The summed E-state index contributed by atoms with van der Waals surface area (Å²) in [6.07, 6.45) is 1.94. The number of hydrogen-bond donors (Lipinski definition) is 2. The van der Waals surface area contributed by atoms with Crippen LogP contribution in [0.15, 0.2) is 21.5 Å². The first-order valence-corrected chi connectivity index (χ1v) is 9.02. The summed E-state index contributed by atoms with van der Waals surface area (Å²) in [5.41, 5.74) is 6.81. The van der Waals surface area contributed by atoms with Gasteiger partial charge in [-0.2, -0.15) is 11.8 Å². The molecule has 0 aliphatic rings. The molecule has 0 aliphatic heterocycles. The van der Waals surface area contributed by atoms with E-state index in [1.165, 1.54) is 6.07 Å². The number of aryl methyl sites for hydroxylation is 1. The maximum absolute atomic E-state index is 12.2. The monoisotopic (exact) mass is 352 g/mol. The van der Waals surface area contributed by atoms with Crippen LogP contribution in [0.4, 0.5) is 5.69 Å². The zero-order chi connectivity index (χ0) is 13.9. The molecule has 1 aromatic carbocycles. The Hall–Kier alpha value is -0.240. The van der Waals surface area contributed by atoms with Crippen LogP contribution in [-0.4, -0.2) is 26.5 Å². The number of thioether (sulfide) groups is 1. The molecule has 0 saturated heterocycles. The number of benzene rings is 1. The minimum atomic E-state index is -3.52. The van der Waals surface area contributed by atoms with Crippen molar-refractivity contribution in [2.45, 2.75) is 24.8 Å². The highest BCUT2D eigenvalue weighted by Gasteiger charge is 2.20. The van der Waals surface area contributed by atoms with E-state index in [4.69, 9.17) is 5.73 Å². The van der Waals surface area contributed by atoms with Crippen molar-refractivity contribution >= 4 is 43.4 Å². The van der Waals surface area contributed by atoms with E-state index in [0.29, 0.717) is 15.7 Å². The Morgan fingerprint density at radius 1 is 1.50 bits per heavy atom. The van der Waals surface area contributed by atoms with Crippen molar-refractivity contribution in [3.05, 3.63) is 22.2 Å². The second kappa shape index (κ2) is 6.27. The van der Waals surface area contributed by atoms with Crippen molar-refractivity contribution in [2.75, 3.05) is 17.7 Å². The van der Waals surface area contributed by atoms with Gasteiger partial charge in [0.2, 0.25) is 10.0 Å².